The quantitative estimate of drug-likeness (QED) is 0.587. The van der Waals surface area contributed by atoms with Crippen molar-refractivity contribution in [3.8, 4) is 0 Å². The Kier molecular flexibility index (Phi) is 6.02. The molecule has 156 valence electrons. The summed E-state index contributed by atoms with van der Waals surface area (Å²) in [7, 11) is 0. The van der Waals surface area contributed by atoms with Crippen molar-refractivity contribution in [2.75, 3.05) is 13.1 Å². The number of hydrogen-bond acceptors (Lipinski definition) is 4. The molecule has 2 amide bonds. The third-order valence-electron chi connectivity index (χ3n) is 6.57. The van der Waals surface area contributed by atoms with Crippen molar-refractivity contribution in [1.29, 1.82) is 0 Å². The molecule has 0 aliphatic carbocycles. The van der Waals surface area contributed by atoms with Gasteiger partial charge in [0.25, 0.3) is 5.24 Å². The molecular weight excluding hydrogens is 400 g/mol. The summed E-state index contributed by atoms with van der Waals surface area (Å²) in [6.07, 6.45) is 2.75. The molecule has 1 N–H and O–H groups in total. The number of imide groups is 1. The van der Waals surface area contributed by atoms with Gasteiger partial charge in [-0.15, -0.1) is 0 Å². The molecule has 6 heteroatoms. The van der Waals surface area contributed by atoms with Gasteiger partial charge in [-0.25, -0.2) is 0 Å². The minimum Gasteiger partial charge on any atom is -0.299 e. The molecule has 0 bridgehead atoms. The number of amides is 2. The lowest BCUT2D eigenvalue weighted by molar-refractivity contribution is -0.140. The van der Waals surface area contributed by atoms with Crippen molar-refractivity contribution in [2.45, 2.75) is 37.6 Å². The molecule has 2 fully saturated rings. The van der Waals surface area contributed by atoms with Crippen molar-refractivity contribution in [3.05, 3.63) is 71.3 Å². The number of piperidine rings is 2. The van der Waals surface area contributed by atoms with Crippen molar-refractivity contribution in [2.24, 2.45) is 5.92 Å². The highest BCUT2D eigenvalue weighted by atomic mass is 35.5. The summed E-state index contributed by atoms with van der Waals surface area (Å²) in [5, 5.41) is 2.16. The van der Waals surface area contributed by atoms with Gasteiger partial charge >= 0.3 is 0 Å². The van der Waals surface area contributed by atoms with Crippen LogP contribution in [0.5, 0.6) is 0 Å². The van der Waals surface area contributed by atoms with Crippen LogP contribution in [0.1, 0.15) is 47.2 Å². The number of carbonyl (C=O) groups is 3. The van der Waals surface area contributed by atoms with E-state index in [1.54, 1.807) is 12.1 Å². The van der Waals surface area contributed by atoms with Gasteiger partial charge in [0.05, 0.1) is 5.41 Å². The van der Waals surface area contributed by atoms with E-state index in [2.05, 4.69) is 10.2 Å². The highest BCUT2D eigenvalue weighted by molar-refractivity contribution is 6.67. The van der Waals surface area contributed by atoms with E-state index in [0.717, 1.165) is 43.6 Å². The Morgan fingerprint density at radius 1 is 1.03 bits per heavy atom. The highest BCUT2D eigenvalue weighted by Gasteiger charge is 2.50. The van der Waals surface area contributed by atoms with Gasteiger partial charge in [-0.1, -0.05) is 42.5 Å². The summed E-state index contributed by atoms with van der Waals surface area (Å²) < 4.78 is 0. The molecule has 0 aromatic heterocycles. The maximum absolute atomic E-state index is 13.1. The molecule has 0 radical (unpaired) electrons. The second-order valence-corrected chi connectivity index (χ2v) is 8.58. The van der Waals surface area contributed by atoms with Crippen molar-refractivity contribution in [1.82, 2.24) is 10.2 Å². The van der Waals surface area contributed by atoms with Gasteiger partial charge in [0.1, 0.15) is 0 Å². The van der Waals surface area contributed by atoms with E-state index in [4.69, 9.17) is 11.6 Å². The molecule has 2 aromatic rings. The van der Waals surface area contributed by atoms with Gasteiger partial charge in [-0.2, -0.15) is 0 Å². The van der Waals surface area contributed by atoms with Crippen molar-refractivity contribution < 1.29 is 14.4 Å². The van der Waals surface area contributed by atoms with E-state index in [-0.39, 0.29) is 17.7 Å². The number of rotatable bonds is 5. The molecule has 0 saturated carbocycles. The van der Waals surface area contributed by atoms with Crippen LogP contribution in [0, 0.1) is 5.92 Å². The predicted molar refractivity (Wildman–Crippen MR) is 115 cm³/mol. The lowest BCUT2D eigenvalue weighted by Crippen LogP contribution is -2.57. The summed E-state index contributed by atoms with van der Waals surface area (Å²) in [6.45, 7) is 2.57. The molecule has 2 saturated heterocycles. The first-order valence-corrected chi connectivity index (χ1v) is 10.8. The molecule has 2 aliphatic rings. The second-order valence-electron chi connectivity index (χ2n) is 8.24. The van der Waals surface area contributed by atoms with Crippen LogP contribution in [0.25, 0.3) is 0 Å². The van der Waals surface area contributed by atoms with E-state index in [9.17, 15) is 14.4 Å². The van der Waals surface area contributed by atoms with Gasteiger partial charge in [-0.05, 0) is 73.1 Å². The largest absolute Gasteiger partial charge is 0.299 e. The number of likely N-dealkylation sites (tertiary alicyclic amines) is 1. The number of nitrogens with one attached hydrogen (secondary N) is 1. The third-order valence-corrected chi connectivity index (χ3v) is 6.78. The molecule has 1 unspecified atom stereocenters. The van der Waals surface area contributed by atoms with E-state index in [1.165, 1.54) is 0 Å². The Morgan fingerprint density at radius 3 is 2.30 bits per heavy atom. The number of hydrogen-bond donors (Lipinski definition) is 1. The van der Waals surface area contributed by atoms with Crippen LogP contribution >= 0.6 is 11.6 Å². The zero-order valence-electron chi connectivity index (χ0n) is 16.8. The minimum atomic E-state index is -0.635. The Hall–Kier alpha value is -2.50. The fourth-order valence-electron chi connectivity index (χ4n) is 4.94. The molecule has 4 rings (SSSR count). The van der Waals surface area contributed by atoms with Gasteiger partial charge in [0, 0.05) is 18.5 Å². The van der Waals surface area contributed by atoms with Crippen LogP contribution in [0.3, 0.4) is 0 Å². The SMILES string of the molecule is O=C1CCC(c2ccccc2)(C2CCN(Cc3ccc(C(=O)Cl)cc3)CC2)C(=O)N1. The number of benzene rings is 2. The van der Waals surface area contributed by atoms with Crippen molar-refractivity contribution >= 4 is 28.7 Å². The molecule has 2 aromatic carbocycles. The lowest BCUT2D eigenvalue weighted by atomic mass is 9.62. The first-order chi connectivity index (χ1) is 14.5. The number of nitrogens with zero attached hydrogens (tertiary/aromatic N) is 1. The summed E-state index contributed by atoms with van der Waals surface area (Å²) in [5.74, 6) is -0.131. The van der Waals surface area contributed by atoms with Crippen LogP contribution in [-0.4, -0.2) is 35.0 Å². The smallest absolute Gasteiger partial charge is 0.252 e. The fraction of sp³-hybridized carbons (Fsp3) is 0.375. The fourth-order valence-corrected chi connectivity index (χ4v) is 5.07. The number of halogens is 1. The minimum absolute atomic E-state index is 0.148. The van der Waals surface area contributed by atoms with Gasteiger partial charge in [-0.3, -0.25) is 24.6 Å². The van der Waals surface area contributed by atoms with Crippen molar-refractivity contribution in [3.63, 3.8) is 0 Å². The van der Waals surface area contributed by atoms with Crippen LogP contribution in [-0.2, 0) is 21.5 Å². The van der Waals surface area contributed by atoms with E-state index >= 15 is 0 Å². The Morgan fingerprint density at radius 2 is 1.70 bits per heavy atom. The Balaban J connectivity index is 1.47. The summed E-state index contributed by atoms with van der Waals surface area (Å²) >= 11 is 5.52. The maximum atomic E-state index is 13.1. The van der Waals surface area contributed by atoms with Gasteiger partial charge in [0.2, 0.25) is 11.8 Å². The average Bonchev–Trinajstić information content (AvgIpc) is 2.76. The zero-order valence-corrected chi connectivity index (χ0v) is 17.5. The van der Waals surface area contributed by atoms with Crippen LogP contribution in [0.2, 0.25) is 0 Å². The first-order valence-electron chi connectivity index (χ1n) is 10.4. The van der Waals surface area contributed by atoms with Gasteiger partial charge < -0.3 is 0 Å². The molecule has 0 spiro atoms. The highest BCUT2D eigenvalue weighted by Crippen LogP contribution is 2.44. The molecule has 30 heavy (non-hydrogen) atoms. The van der Waals surface area contributed by atoms with Gasteiger partial charge in [0.15, 0.2) is 0 Å². The topological polar surface area (TPSA) is 66.5 Å². The summed E-state index contributed by atoms with van der Waals surface area (Å²) in [5.41, 5.74) is 2.01. The molecule has 5 nitrogen and oxygen atoms in total. The molecule has 2 heterocycles. The van der Waals surface area contributed by atoms with Crippen LogP contribution in [0.4, 0.5) is 0 Å². The van der Waals surface area contributed by atoms with E-state index in [0.29, 0.717) is 18.4 Å². The zero-order chi connectivity index (χ0) is 21.1. The second kappa shape index (κ2) is 8.70. The Bertz CT molecular complexity index is 937. The first kappa shape index (κ1) is 20.8. The Labute approximate surface area is 181 Å². The van der Waals surface area contributed by atoms with Crippen LogP contribution < -0.4 is 5.32 Å². The summed E-state index contributed by atoms with van der Waals surface area (Å²) in [6, 6.07) is 17.3. The lowest BCUT2D eigenvalue weighted by Gasteiger charge is -2.45. The summed E-state index contributed by atoms with van der Waals surface area (Å²) in [4.78, 5) is 38.5. The maximum Gasteiger partial charge on any atom is 0.252 e. The standard InChI is InChI=1S/C24H25ClN2O3/c25-22(29)18-8-6-17(7-9-18)16-27-14-11-20(12-15-27)24(19-4-2-1-3-5-19)13-10-21(28)26-23(24)30/h1-9,20H,10-16H2,(H,26,28,30). The molecular formula is C24H25ClN2O3. The number of carbonyl (C=O) groups excluding carboxylic acids is 3. The van der Waals surface area contributed by atoms with E-state index in [1.807, 2.05) is 42.5 Å². The molecule has 2 aliphatic heterocycles. The predicted octanol–water partition coefficient (Wildman–Crippen LogP) is 3.65. The third kappa shape index (κ3) is 4.05. The monoisotopic (exact) mass is 424 g/mol. The van der Waals surface area contributed by atoms with E-state index < -0.39 is 10.7 Å². The normalized spacial score (nSPS) is 23.2. The van der Waals surface area contributed by atoms with Crippen LogP contribution in [0.15, 0.2) is 54.6 Å². The average molecular weight is 425 g/mol. The molecule has 1 atom stereocenters.